The summed E-state index contributed by atoms with van der Waals surface area (Å²) in [5.41, 5.74) is 3.91. The highest BCUT2D eigenvalue weighted by Crippen LogP contribution is 2.28. The standard InChI is InChI=1S/C26H29NO/c1-4-11-22(12-5-1)25-17-10-18-27(21-25)19-20-28-26(23-13-6-2-7-14-23)24-15-8-3-9-16-24/h1-9,11-16,25-26H,10,17-21H2. The predicted octanol–water partition coefficient (Wildman–Crippen LogP) is 5.67. The molecule has 28 heavy (non-hydrogen) atoms. The molecule has 1 aliphatic heterocycles. The third-order valence-electron chi connectivity index (χ3n) is 5.67. The van der Waals surface area contributed by atoms with Crippen molar-refractivity contribution in [2.75, 3.05) is 26.2 Å². The fraction of sp³-hybridized carbons (Fsp3) is 0.308. The molecule has 4 rings (SSSR count). The van der Waals surface area contributed by atoms with Crippen molar-refractivity contribution in [2.45, 2.75) is 24.9 Å². The van der Waals surface area contributed by atoms with E-state index in [1.807, 2.05) is 0 Å². The molecule has 1 atom stereocenters. The summed E-state index contributed by atoms with van der Waals surface area (Å²) >= 11 is 0. The van der Waals surface area contributed by atoms with Crippen molar-refractivity contribution in [3.63, 3.8) is 0 Å². The average Bonchev–Trinajstić information content (AvgIpc) is 2.79. The normalized spacial score (nSPS) is 17.7. The molecule has 2 heteroatoms. The van der Waals surface area contributed by atoms with Gasteiger partial charge in [0.1, 0.15) is 6.10 Å². The second-order valence-electron chi connectivity index (χ2n) is 7.62. The van der Waals surface area contributed by atoms with Gasteiger partial charge in [-0.15, -0.1) is 0 Å². The van der Waals surface area contributed by atoms with Gasteiger partial charge in [-0.05, 0) is 42.0 Å². The molecule has 1 aliphatic rings. The zero-order chi connectivity index (χ0) is 19.0. The summed E-state index contributed by atoms with van der Waals surface area (Å²) in [6.07, 6.45) is 2.55. The molecular formula is C26H29NO. The van der Waals surface area contributed by atoms with Gasteiger partial charge in [-0.1, -0.05) is 91.0 Å². The number of hydrogen-bond acceptors (Lipinski definition) is 2. The van der Waals surface area contributed by atoms with Crippen molar-refractivity contribution in [3.05, 3.63) is 108 Å². The number of piperidine rings is 1. The van der Waals surface area contributed by atoms with Gasteiger partial charge in [-0.3, -0.25) is 0 Å². The van der Waals surface area contributed by atoms with Crippen LogP contribution in [0.4, 0.5) is 0 Å². The highest BCUT2D eigenvalue weighted by molar-refractivity contribution is 5.29. The van der Waals surface area contributed by atoms with Crippen LogP contribution in [0.2, 0.25) is 0 Å². The molecule has 0 N–H and O–H groups in total. The van der Waals surface area contributed by atoms with E-state index in [1.165, 1.54) is 36.1 Å². The predicted molar refractivity (Wildman–Crippen MR) is 116 cm³/mol. The lowest BCUT2D eigenvalue weighted by Gasteiger charge is -2.33. The molecule has 144 valence electrons. The Labute approximate surface area is 168 Å². The maximum atomic E-state index is 6.42. The largest absolute Gasteiger partial charge is 0.367 e. The maximum Gasteiger partial charge on any atom is 0.108 e. The van der Waals surface area contributed by atoms with Crippen LogP contribution in [0, 0.1) is 0 Å². The van der Waals surface area contributed by atoms with E-state index >= 15 is 0 Å². The quantitative estimate of drug-likeness (QED) is 0.530. The van der Waals surface area contributed by atoms with E-state index in [4.69, 9.17) is 4.74 Å². The van der Waals surface area contributed by atoms with Gasteiger partial charge in [0.25, 0.3) is 0 Å². The molecule has 0 spiro atoms. The van der Waals surface area contributed by atoms with Crippen LogP contribution in [0.5, 0.6) is 0 Å². The highest BCUT2D eigenvalue weighted by atomic mass is 16.5. The zero-order valence-corrected chi connectivity index (χ0v) is 16.4. The Kier molecular flexibility index (Phi) is 6.54. The van der Waals surface area contributed by atoms with Gasteiger partial charge in [0, 0.05) is 13.1 Å². The molecule has 1 unspecified atom stereocenters. The summed E-state index contributed by atoms with van der Waals surface area (Å²) < 4.78 is 6.42. The second kappa shape index (κ2) is 9.68. The number of nitrogens with zero attached hydrogens (tertiary/aromatic N) is 1. The lowest BCUT2D eigenvalue weighted by molar-refractivity contribution is 0.0536. The number of likely N-dealkylation sites (tertiary alicyclic amines) is 1. The minimum absolute atomic E-state index is 0.00268. The third-order valence-corrected chi connectivity index (χ3v) is 5.67. The lowest BCUT2D eigenvalue weighted by atomic mass is 9.91. The summed E-state index contributed by atoms with van der Waals surface area (Å²) in [5.74, 6) is 0.647. The molecule has 0 aliphatic carbocycles. The number of benzene rings is 3. The van der Waals surface area contributed by atoms with E-state index in [-0.39, 0.29) is 6.10 Å². The van der Waals surface area contributed by atoms with E-state index in [2.05, 4.69) is 95.9 Å². The third kappa shape index (κ3) is 4.89. The SMILES string of the molecule is c1ccc(C2CCCN(CCOC(c3ccccc3)c3ccccc3)C2)cc1. The first-order valence-corrected chi connectivity index (χ1v) is 10.4. The molecule has 3 aromatic carbocycles. The molecule has 1 fully saturated rings. The summed E-state index contributed by atoms with van der Waals surface area (Å²) in [5, 5.41) is 0. The smallest absolute Gasteiger partial charge is 0.108 e. The van der Waals surface area contributed by atoms with Crippen molar-refractivity contribution in [1.29, 1.82) is 0 Å². The fourth-order valence-corrected chi connectivity index (χ4v) is 4.20. The van der Waals surface area contributed by atoms with Crippen LogP contribution in [-0.2, 0) is 4.74 Å². The minimum atomic E-state index is -0.00268. The van der Waals surface area contributed by atoms with Gasteiger partial charge < -0.3 is 9.64 Å². The van der Waals surface area contributed by atoms with Gasteiger partial charge in [0.15, 0.2) is 0 Å². The Morgan fingerprint density at radius 1 is 0.786 bits per heavy atom. The lowest BCUT2D eigenvalue weighted by Crippen LogP contribution is -2.36. The first kappa shape index (κ1) is 18.9. The van der Waals surface area contributed by atoms with E-state index < -0.39 is 0 Å². The summed E-state index contributed by atoms with van der Waals surface area (Å²) in [4.78, 5) is 2.56. The van der Waals surface area contributed by atoms with Gasteiger partial charge >= 0.3 is 0 Å². The van der Waals surface area contributed by atoms with E-state index in [1.54, 1.807) is 0 Å². The van der Waals surface area contributed by atoms with Crippen molar-refractivity contribution in [3.8, 4) is 0 Å². The molecule has 0 aromatic heterocycles. The van der Waals surface area contributed by atoms with E-state index in [0.29, 0.717) is 5.92 Å². The molecule has 1 saturated heterocycles. The monoisotopic (exact) mass is 371 g/mol. The first-order valence-electron chi connectivity index (χ1n) is 10.4. The molecule has 0 bridgehead atoms. The Balaban J connectivity index is 1.37. The molecule has 0 radical (unpaired) electrons. The van der Waals surface area contributed by atoms with Crippen LogP contribution in [0.1, 0.15) is 41.6 Å². The fourth-order valence-electron chi connectivity index (χ4n) is 4.20. The summed E-state index contributed by atoms with van der Waals surface area (Å²) in [6.45, 7) is 4.04. The van der Waals surface area contributed by atoms with Crippen LogP contribution >= 0.6 is 0 Å². The average molecular weight is 372 g/mol. The molecule has 1 heterocycles. The summed E-state index contributed by atoms with van der Waals surface area (Å²) in [7, 11) is 0. The summed E-state index contributed by atoms with van der Waals surface area (Å²) in [6, 6.07) is 32.0. The van der Waals surface area contributed by atoms with Gasteiger partial charge in [-0.25, -0.2) is 0 Å². The maximum absolute atomic E-state index is 6.42. The Morgan fingerprint density at radius 2 is 1.36 bits per heavy atom. The number of rotatable bonds is 7. The molecular weight excluding hydrogens is 342 g/mol. The van der Waals surface area contributed by atoms with Crippen LogP contribution in [-0.4, -0.2) is 31.1 Å². The van der Waals surface area contributed by atoms with Crippen LogP contribution < -0.4 is 0 Å². The minimum Gasteiger partial charge on any atom is -0.367 e. The molecule has 3 aromatic rings. The van der Waals surface area contributed by atoms with Crippen molar-refractivity contribution in [2.24, 2.45) is 0 Å². The zero-order valence-electron chi connectivity index (χ0n) is 16.4. The first-order chi connectivity index (χ1) is 13.9. The van der Waals surface area contributed by atoms with Crippen molar-refractivity contribution < 1.29 is 4.74 Å². The Morgan fingerprint density at radius 3 is 1.96 bits per heavy atom. The second-order valence-corrected chi connectivity index (χ2v) is 7.62. The molecule has 0 amide bonds. The van der Waals surface area contributed by atoms with E-state index in [0.717, 1.165) is 19.7 Å². The Bertz CT molecular complexity index is 779. The molecule has 0 saturated carbocycles. The highest BCUT2D eigenvalue weighted by Gasteiger charge is 2.21. The van der Waals surface area contributed by atoms with Gasteiger partial charge in [0.05, 0.1) is 6.61 Å². The number of hydrogen-bond donors (Lipinski definition) is 0. The van der Waals surface area contributed by atoms with Crippen molar-refractivity contribution >= 4 is 0 Å². The molecule has 2 nitrogen and oxygen atoms in total. The van der Waals surface area contributed by atoms with Crippen LogP contribution in [0.15, 0.2) is 91.0 Å². The van der Waals surface area contributed by atoms with Crippen LogP contribution in [0.25, 0.3) is 0 Å². The van der Waals surface area contributed by atoms with Crippen molar-refractivity contribution in [1.82, 2.24) is 4.90 Å². The van der Waals surface area contributed by atoms with E-state index in [9.17, 15) is 0 Å². The van der Waals surface area contributed by atoms with Crippen LogP contribution in [0.3, 0.4) is 0 Å². The van der Waals surface area contributed by atoms with Gasteiger partial charge in [0.2, 0.25) is 0 Å². The topological polar surface area (TPSA) is 12.5 Å². The van der Waals surface area contributed by atoms with Gasteiger partial charge in [-0.2, -0.15) is 0 Å². The number of ether oxygens (including phenoxy) is 1. The Hall–Kier alpha value is -2.42.